The van der Waals surface area contributed by atoms with Gasteiger partial charge in [0.05, 0.1) is 26.6 Å². The van der Waals surface area contributed by atoms with Crippen molar-refractivity contribution in [2.75, 3.05) is 27.3 Å². The minimum absolute atomic E-state index is 0.0866. The molecule has 1 aliphatic carbocycles. The SMILES string of the molecule is CC[C@H](C)[C@H](NC(=O)OC)C(=O)N1CCC[C@H]1c1ncc(-c2ccc3c(c2)Oc2ccc(-c4cnc([C@@H]5CCCN5C(=O)[C@@H](NC(=O)OC)[C@@H](C)CC)o4)cc2C32CC2)o1. The lowest BCUT2D eigenvalue weighted by atomic mass is 9.83. The summed E-state index contributed by atoms with van der Waals surface area (Å²) in [4.78, 5) is 64.7. The summed E-state index contributed by atoms with van der Waals surface area (Å²) >= 11 is 0. The van der Waals surface area contributed by atoms with E-state index < -0.39 is 24.3 Å². The van der Waals surface area contributed by atoms with Crippen LogP contribution in [0.5, 0.6) is 11.5 Å². The Morgan fingerprint density at radius 3 is 1.72 bits per heavy atom. The number of alkyl carbamates (subject to hydrolysis) is 2. The molecule has 4 aliphatic rings. The molecular weight excluding hydrogens is 769 g/mol. The maximum Gasteiger partial charge on any atom is 0.407 e. The summed E-state index contributed by atoms with van der Waals surface area (Å²) in [5.74, 6) is 3.13. The number of hydrogen-bond donors (Lipinski definition) is 2. The van der Waals surface area contributed by atoms with Gasteiger partial charge in [-0.05, 0) is 74.6 Å². The van der Waals surface area contributed by atoms with E-state index in [9.17, 15) is 19.2 Å². The van der Waals surface area contributed by atoms with Crippen LogP contribution in [0.1, 0.15) is 114 Å². The van der Waals surface area contributed by atoms with Crippen LogP contribution < -0.4 is 15.4 Å². The van der Waals surface area contributed by atoms with Crippen LogP contribution in [-0.2, 0) is 24.5 Å². The normalized spacial score (nSPS) is 20.6. The molecule has 15 nitrogen and oxygen atoms in total. The van der Waals surface area contributed by atoms with Crippen molar-refractivity contribution in [2.45, 2.75) is 109 Å². The Morgan fingerprint density at radius 1 is 0.733 bits per heavy atom. The summed E-state index contributed by atoms with van der Waals surface area (Å²) in [7, 11) is 2.58. The fourth-order valence-corrected chi connectivity index (χ4v) is 9.05. The number of fused-ring (bicyclic) bond motifs is 4. The second kappa shape index (κ2) is 16.7. The molecule has 0 bridgehead atoms. The monoisotopic (exact) mass is 822 g/mol. The third-order valence-electron chi connectivity index (χ3n) is 13.1. The molecule has 2 saturated heterocycles. The number of benzene rings is 2. The first-order chi connectivity index (χ1) is 29.0. The van der Waals surface area contributed by atoms with Crippen molar-refractivity contribution >= 4 is 24.0 Å². The van der Waals surface area contributed by atoms with Crippen LogP contribution >= 0.6 is 0 Å². The molecule has 5 heterocycles. The third-order valence-corrected chi connectivity index (χ3v) is 13.1. The van der Waals surface area contributed by atoms with Crippen LogP contribution in [0.3, 0.4) is 0 Å². The molecule has 0 radical (unpaired) electrons. The van der Waals surface area contributed by atoms with Crippen molar-refractivity contribution < 1.29 is 42.2 Å². The Balaban J connectivity index is 0.990. The fraction of sp³-hybridized carbons (Fsp3) is 0.511. The second-order valence-electron chi connectivity index (χ2n) is 16.6. The number of amides is 4. The van der Waals surface area contributed by atoms with Gasteiger partial charge in [-0.15, -0.1) is 0 Å². The van der Waals surface area contributed by atoms with E-state index in [2.05, 4.69) is 32.7 Å². The van der Waals surface area contributed by atoms with Gasteiger partial charge in [0.25, 0.3) is 0 Å². The zero-order valence-electron chi connectivity index (χ0n) is 35.1. The quantitative estimate of drug-likeness (QED) is 0.141. The molecule has 8 rings (SSSR count). The van der Waals surface area contributed by atoms with E-state index in [0.29, 0.717) is 62.1 Å². The average Bonchev–Trinajstić information content (AvgIpc) is 3.84. The number of rotatable bonds is 12. The first kappa shape index (κ1) is 40.9. The van der Waals surface area contributed by atoms with Gasteiger partial charge in [0.15, 0.2) is 11.5 Å². The van der Waals surface area contributed by atoms with Gasteiger partial charge in [0.2, 0.25) is 23.6 Å². The minimum atomic E-state index is -0.719. The first-order valence-electron chi connectivity index (χ1n) is 21.2. The molecule has 318 valence electrons. The largest absolute Gasteiger partial charge is 0.457 e. The van der Waals surface area contributed by atoms with E-state index in [1.807, 2.05) is 52.0 Å². The Morgan fingerprint density at radius 2 is 1.23 bits per heavy atom. The number of carbonyl (C=O) groups is 4. The van der Waals surface area contributed by atoms with E-state index in [4.69, 9.17) is 23.0 Å². The van der Waals surface area contributed by atoms with E-state index in [1.165, 1.54) is 14.2 Å². The second-order valence-corrected chi connectivity index (χ2v) is 16.6. The maximum absolute atomic E-state index is 13.8. The summed E-state index contributed by atoms with van der Waals surface area (Å²) in [6.45, 7) is 8.94. The summed E-state index contributed by atoms with van der Waals surface area (Å²) in [6.07, 6.45) is 8.51. The zero-order valence-corrected chi connectivity index (χ0v) is 35.1. The number of methoxy groups -OCH3 is 2. The van der Waals surface area contributed by atoms with Crippen molar-refractivity contribution in [3.8, 4) is 34.1 Å². The molecule has 1 spiro atoms. The van der Waals surface area contributed by atoms with E-state index in [0.717, 1.165) is 59.4 Å². The van der Waals surface area contributed by atoms with Gasteiger partial charge >= 0.3 is 12.2 Å². The number of nitrogens with zero attached hydrogens (tertiary/aromatic N) is 4. The molecular formula is C45H54N6O9. The van der Waals surface area contributed by atoms with Crippen molar-refractivity contribution in [3.05, 3.63) is 71.7 Å². The molecule has 60 heavy (non-hydrogen) atoms. The molecule has 1 saturated carbocycles. The van der Waals surface area contributed by atoms with Crippen LogP contribution in [0.25, 0.3) is 22.6 Å². The van der Waals surface area contributed by atoms with E-state index in [1.54, 1.807) is 22.2 Å². The smallest absolute Gasteiger partial charge is 0.407 e. The van der Waals surface area contributed by atoms with E-state index >= 15 is 0 Å². The number of hydrogen-bond acceptors (Lipinski definition) is 11. The third kappa shape index (κ3) is 7.47. The standard InChI is InChI=1S/C45H54N6O9/c1-7-25(3)37(48-43(54)56-5)41(52)50-19-9-11-31(50)39-46-23-35(59-39)27-14-16-33-30(21-27)45(17-18-45)29-15-13-28(22-34(29)58-33)36-24-47-40(60-36)32-12-10-20-51(32)42(53)38(26(4)8-2)49-44(55)57-6/h13-16,21-26,31-32,37-38H,7-12,17-20H2,1-6H3,(H,48,54)(H,49,55)/t25-,26-,31-,32-,37-,38-/m0/s1. The van der Waals surface area contributed by atoms with Crippen LogP contribution in [-0.4, -0.2) is 83.2 Å². The van der Waals surface area contributed by atoms with Crippen molar-refractivity contribution in [3.63, 3.8) is 0 Å². The van der Waals surface area contributed by atoms with Gasteiger partial charge in [-0.2, -0.15) is 0 Å². The van der Waals surface area contributed by atoms with Crippen molar-refractivity contribution in [1.29, 1.82) is 0 Å². The predicted octanol–water partition coefficient (Wildman–Crippen LogP) is 8.05. The average molecular weight is 823 g/mol. The Bertz CT molecular complexity index is 2260. The zero-order chi connectivity index (χ0) is 42.3. The fourth-order valence-electron chi connectivity index (χ4n) is 9.05. The summed E-state index contributed by atoms with van der Waals surface area (Å²) in [5.41, 5.74) is 3.68. The number of carbonyl (C=O) groups excluding carboxylic acids is 4. The molecule has 2 aromatic heterocycles. The lowest BCUT2D eigenvalue weighted by Crippen LogP contribution is -2.51. The van der Waals surface area contributed by atoms with Crippen molar-refractivity contribution in [2.24, 2.45) is 11.8 Å². The lowest BCUT2D eigenvalue weighted by molar-refractivity contribution is -0.136. The summed E-state index contributed by atoms with van der Waals surface area (Å²) < 4.78 is 29.0. The minimum Gasteiger partial charge on any atom is -0.457 e. The lowest BCUT2D eigenvalue weighted by Gasteiger charge is -2.30. The van der Waals surface area contributed by atoms with Crippen molar-refractivity contribution in [1.82, 2.24) is 30.4 Å². The van der Waals surface area contributed by atoms with Gasteiger partial charge in [0.1, 0.15) is 35.7 Å². The van der Waals surface area contributed by atoms with Gasteiger partial charge in [-0.1, -0.05) is 52.7 Å². The van der Waals surface area contributed by atoms with Gasteiger partial charge in [-0.25, -0.2) is 19.6 Å². The molecule has 15 heteroatoms. The Labute approximate surface area is 349 Å². The van der Waals surface area contributed by atoms with Crippen LogP contribution in [0.15, 0.2) is 57.6 Å². The van der Waals surface area contributed by atoms with Crippen LogP contribution in [0.2, 0.25) is 0 Å². The van der Waals surface area contributed by atoms with Gasteiger partial charge in [0, 0.05) is 40.8 Å². The highest BCUT2D eigenvalue weighted by Crippen LogP contribution is 2.62. The number of oxazole rings is 2. The molecule has 3 aliphatic heterocycles. The number of likely N-dealkylation sites (tertiary alicyclic amines) is 2. The maximum atomic E-state index is 13.8. The molecule has 3 fully saturated rings. The summed E-state index contributed by atoms with van der Waals surface area (Å²) in [5, 5.41) is 5.48. The van der Waals surface area contributed by atoms with Gasteiger partial charge in [-0.3, -0.25) is 9.59 Å². The van der Waals surface area contributed by atoms with Crippen LogP contribution in [0, 0.1) is 11.8 Å². The molecule has 2 aromatic carbocycles. The Hall–Kier alpha value is -5.86. The molecule has 4 aromatic rings. The van der Waals surface area contributed by atoms with Crippen LogP contribution in [0.4, 0.5) is 9.59 Å². The first-order valence-corrected chi connectivity index (χ1v) is 21.2. The number of nitrogens with one attached hydrogen (secondary N) is 2. The molecule has 2 N–H and O–H groups in total. The number of ether oxygens (including phenoxy) is 3. The highest BCUT2D eigenvalue weighted by atomic mass is 16.5. The Kier molecular flexibility index (Phi) is 11.4. The predicted molar refractivity (Wildman–Crippen MR) is 219 cm³/mol. The summed E-state index contributed by atoms with van der Waals surface area (Å²) in [6, 6.07) is 10.1. The molecule has 4 amide bonds. The number of aromatic nitrogens is 2. The highest BCUT2D eigenvalue weighted by molar-refractivity contribution is 5.87. The molecule has 0 unspecified atom stereocenters. The topological polar surface area (TPSA) is 179 Å². The van der Waals surface area contributed by atoms with Gasteiger partial charge < -0.3 is 43.5 Å². The highest BCUT2D eigenvalue weighted by Gasteiger charge is 2.52. The molecule has 6 atom stereocenters. The van der Waals surface area contributed by atoms with E-state index in [-0.39, 0.29) is 41.1 Å².